The minimum Gasteiger partial charge on any atom is -0.363 e. The molecule has 0 aliphatic rings. The van der Waals surface area contributed by atoms with Crippen LogP contribution in [0.15, 0.2) is 42.7 Å². The molecule has 0 unspecified atom stereocenters. The van der Waals surface area contributed by atoms with Gasteiger partial charge in [0.2, 0.25) is 0 Å². The second-order valence-corrected chi connectivity index (χ2v) is 6.24. The number of anilines is 1. The monoisotopic (exact) mass is 337 g/mol. The highest BCUT2D eigenvalue weighted by molar-refractivity contribution is 7.14. The summed E-state index contributed by atoms with van der Waals surface area (Å²) in [7, 11) is 0. The molecule has 1 aromatic carbocycles. The molecule has 3 aromatic heterocycles. The van der Waals surface area contributed by atoms with Crippen molar-refractivity contribution >= 4 is 22.9 Å². The van der Waals surface area contributed by atoms with Gasteiger partial charge in [-0.2, -0.15) is 14.6 Å². The third-order valence-electron chi connectivity index (χ3n) is 3.58. The van der Waals surface area contributed by atoms with E-state index in [4.69, 9.17) is 0 Å². The van der Waals surface area contributed by atoms with Crippen LogP contribution in [0.3, 0.4) is 0 Å². The van der Waals surface area contributed by atoms with Crippen LogP contribution in [0.25, 0.3) is 16.3 Å². The van der Waals surface area contributed by atoms with Crippen LogP contribution >= 0.6 is 11.3 Å². The van der Waals surface area contributed by atoms with E-state index in [0.29, 0.717) is 12.3 Å². The van der Waals surface area contributed by atoms with Gasteiger partial charge in [-0.05, 0) is 6.42 Å². The average Bonchev–Trinajstić information content (AvgIpc) is 3.29. The molecule has 1 N–H and O–H groups in total. The number of fused-ring (bicyclic) bond motifs is 1. The first-order valence-electron chi connectivity index (χ1n) is 7.65. The summed E-state index contributed by atoms with van der Waals surface area (Å²) in [6.07, 6.45) is 2.35. The molecule has 7 nitrogen and oxygen atoms in total. The number of nitrogens with one attached hydrogen (secondary N) is 1. The Morgan fingerprint density at radius 1 is 1.17 bits per heavy atom. The van der Waals surface area contributed by atoms with Crippen molar-refractivity contribution in [2.24, 2.45) is 0 Å². The van der Waals surface area contributed by atoms with Gasteiger partial charge in [0, 0.05) is 17.3 Å². The van der Waals surface area contributed by atoms with E-state index in [0.717, 1.165) is 33.5 Å². The smallest absolute Gasteiger partial charge is 0.254 e. The molecule has 3 heterocycles. The molecular formula is C16H15N7S. The maximum absolute atomic E-state index is 4.44. The Balaban J connectivity index is 1.55. The number of aryl methyl sites for hydroxylation is 1. The van der Waals surface area contributed by atoms with Crippen LogP contribution in [-0.4, -0.2) is 29.8 Å². The molecule has 0 spiro atoms. The van der Waals surface area contributed by atoms with E-state index in [-0.39, 0.29) is 0 Å². The Morgan fingerprint density at radius 3 is 2.88 bits per heavy atom. The molecule has 4 rings (SSSR count). The quantitative estimate of drug-likeness (QED) is 0.603. The van der Waals surface area contributed by atoms with Crippen molar-refractivity contribution in [2.75, 3.05) is 5.32 Å². The summed E-state index contributed by atoms with van der Waals surface area (Å²) >= 11 is 1.58. The number of hydrogen-bond acceptors (Lipinski definition) is 7. The summed E-state index contributed by atoms with van der Waals surface area (Å²) in [5, 5.41) is 17.9. The second kappa shape index (κ2) is 6.32. The van der Waals surface area contributed by atoms with Crippen molar-refractivity contribution in [2.45, 2.75) is 19.9 Å². The lowest BCUT2D eigenvalue weighted by atomic mass is 10.2. The zero-order valence-corrected chi connectivity index (χ0v) is 13.9. The summed E-state index contributed by atoms with van der Waals surface area (Å²) in [4.78, 5) is 8.60. The zero-order valence-electron chi connectivity index (χ0n) is 13.0. The van der Waals surface area contributed by atoms with E-state index in [2.05, 4.69) is 37.5 Å². The van der Waals surface area contributed by atoms with Crippen molar-refractivity contribution < 1.29 is 0 Å². The standard InChI is InChI=1S/C16H15N7S/c1-2-12-8-13(23-16(20-12)18-10-19-23)17-9-14-21-22-15(24-14)11-6-4-3-5-7-11/h3-8,10,17H,2,9H2,1H3. The summed E-state index contributed by atoms with van der Waals surface area (Å²) in [6.45, 7) is 2.64. The second-order valence-electron chi connectivity index (χ2n) is 5.18. The Labute approximate surface area is 142 Å². The Kier molecular flexibility index (Phi) is 3.87. The van der Waals surface area contributed by atoms with E-state index < -0.39 is 0 Å². The maximum Gasteiger partial charge on any atom is 0.254 e. The van der Waals surface area contributed by atoms with Gasteiger partial charge in [-0.15, -0.1) is 10.2 Å². The normalized spacial score (nSPS) is 11.0. The lowest BCUT2D eigenvalue weighted by molar-refractivity contribution is 0.894. The van der Waals surface area contributed by atoms with Gasteiger partial charge >= 0.3 is 0 Å². The lowest BCUT2D eigenvalue weighted by Gasteiger charge is -2.07. The molecule has 0 atom stereocenters. The van der Waals surface area contributed by atoms with Crippen LogP contribution in [0.5, 0.6) is 0 Å². The summed E-state index contributed by atoms with van der Waals surface area (Å²) in [6, 6.07) is 12.0. The number of benzene rings is 1. The molecule has 0 radical (unpaired) electrons. The first kappa shape index (κ1) is 14.7. The van der Waals surface area contributed by atoms with E-state index in [9.17, 15) is 0 Å². The molecule has 0 amide bonds. The van der Waals surface area contributed by atoms with Gasteiger partial charge in [0.15, 0.2) is 0 Å². The highest BCUT2D eigenvalue weighted by Crippen LogP contribution is 2.23. The zero-order chi connectivity index (χ0) is 16.4. The van der Waals surface area contributed by atoms with Gasteiger partial charge < -0.3 is 5.32 Å². The Hall–Kier alpha value is -2.87. The molecule has 0 bridgehead atoms. The Morgan fingerprint density at radius 2 is 2.04 bits per heavy atom. The SMILES string of the molecule is CCc1cc(NCc2nnc(-c3ccccc3)s2)n2ncnc2n1. The van der Waals surface area contributed by atoms with Crippen molar-refractivity contribution in [3.8, 4) is 10.6 Å². The first-order valence-corrected chi connectivity index (χ1v) is 8.46. The number of hydrogen-bond donors (Lipinski definition) is 1. The van der Waals surface area contributed by atoms with Crippen LogP contribution < -0.4 is 5.32 Å². The number of nitrogens with zero attached hydrogens (tertiary/aromatic N) is 6. The van der Waals surface area contributed by atoms with Crippen molar-refractivity contribution in [1.29, 1.82) is 0 Å². The van der Waals surface area contributed by atoms with Gasteiger partial charge in [0.25, 0.3) is 5.78 Å². The highest BCUT2D eigenvalue weighted by Gasteiger charge is 2.09. The molecule has 4 aromatic rings. The van der Waals surface area contributed by atoms with Crippen LogP contribution in [0.4, 0.5) is 5.82 Å². The topological polar surface area (TPSA) is 80.9 Å². The van der Waals surface area contributed by atoms with Gasteiger partial charge in [-0.25, -0.2) is 4.98 Å². The van der Waals surface area contributed by atoms with Gasteiger partial charge in [0.05, 0.1) is 6.54 Å². The summed E-state index contributed by atoms with van der Waals surface area (Å²) < 4.78 is 1.69. The van der Waals surface area contributed by atoms with E-state index in [1.54, 1.807) is 15.9 Å². The van der Waals surface area contributed by atoms with Crippen LogP contribution in [0, 0.1) is 0 Å². The van der Waals surface area contributed by atoms with Crippen molar-refractivity contribution in [1.82, 2.24) is 29.8 Å². The molecule has 0 aliphatic carbocycles. The molecule has 120 valence electrons. The molecule has 0 fully saturated rings. The largest absolute Gasteiger partial charge is 0.363 e. The van der Waals surface area contributed by atoms with E-state index >= 15 is 0 Å². The molecule has 24 heavy (non-hydrogen) atoms. The van der Waals surface area contributed by atoms with Crippen LogP contribution in [0.1, 0.15) is 17.6 Å². The predicted octanol–water partition coefficient (Wildman–Crippen LogP) is 2.82. The van der Waals surface area contributed by atoms with Crippen LogP contribution in [0.2, 0.25) is 0 Å². The van der Waals surface area contributed by atoms with Crippen LogP contribution in [-0.2, 0) is 13.0 Å². The molecule has 0 saturated heterocycles. The summed E-state index contributed by atoms with van der Waals surface area (Å²) in [5.74, 6) is 1.45. The van der Waals surface area contributed by atoms with Crippen molar-refractivity contribution in [3.05, 3.63) is 53.4 Å². The fourth-order valence-corrected chi connectivity index (χ4v) is 3.14. The third kappa shape index (κ3) is 2.83. The van der Waals surface area contributed by atoms with Gasteiger partial charge in [-0.3, -0.25) is 0 Å². The molecule has 0 saturated carbocycles. The fourth-order valence-electron chi connectivity index (χ4n) is 2.36. The van der Waals surface area contributed by atoms with E-state index in [1.807, 2.05) is 36.4 Å². The number of rotatable bonds is 5. The molecular weight excluding hydrogens is 322 g/mol. The third-order valence-corrected chi connectivity index (χ3v) is 4.55. The lowest BCUT2D eigenvalue weighted by Crippen LogP contribution is -2.07. The Bertz CT molecular complexity index is 961. The molecule has 8 heteroatoms. The van der Waals surface area contributed by atoms with E-state index in [1.165, 1.54) is 6.33 Å². The average molecular weight is 337 g/mol. The maximum atomic E-state index is 4.44. The van der Waals surface area contributed by atoms with Crippen molar-refractivity contribution in [3.63, 3.8) is 0 Å². The summed E-state index contributed by atoms with van der Waals surface area (Å²) in [5.41, 5.74) is 2.05. The number of aromatic nitrogens is 6. The molecule has 0 aliphatic heterocycles. The predicted molar refractivity (Wildman–Crippen MR) is 92.8 cm³/mol. The highest BCUT2D eigenvalue weighted by atomic mass is 32.1. The minimum absolute atomic E-state index is 0.576. The van der Waals surface area contributed by atoms with Gasteiger partial charge in [-0.1, -0.05) is 48.6 Å². The fraction of sp³-hybridized carbons (Fsp3) is 0.188. The first-order chi connectivity index (χ1) is 11.8. The van der Waals surface area contributed by atoms with Gasteiger partial charge in [0.1, 0.15) is 22.2 Å². The minimum atomic E-state index is 0.576.